The number of nitrogens with one attached hydrogen (secondary N) is 1. The van der Waals surface area contributed by atoms with Crippen molar-refractivity contribution in [2.24, 2.45) is 5.92 Å². The molecular formula is C18H31N. The van der Waals surface area contributed by atoms with Crippen LogP contribution in [0.15, 0.2) is 12.1 Å². The van der Waals surface area contributed by atoms with Crippen molar-refractivity contribution in [3.63, 3.8) is 0 Å². The Balaban J connectivity index is 2.72. The van der Waals surface area contributed by atoms with E-state index in [0.717, 1.165) is 19.0 Å². The van der Waals surface area contributed by atoms with E-state index in [1.54, 1.807) is 5.56 Å². The standard InChI is InChI=1S/C18H31N/c1-6-8-17(13-19-9-7-2)12-18-15(4)10-14(3)11-16(18)5/h10-11,17,19H,6-9,12-13H2,1-5H3. The molecule has 0 bridgehead atoms. The summed E-state index contributed by atoms with van der Waals surface area (Å²) in [6.07, 6.45) is 5.05. The lowest BCUT2D eigenvalue weighted by atomic mass is 9.89. The van der Waals surface area contributed by atoms with Gasteiger partial charge in [-0.15, -0.1) is 0 Å². The van der Waals surface area contributed by atoms with Gasteiger partial charge >= 0.3 is 0 Å². The van der Waals surface area contributed by atoms with Gasteiger partial charge in [-0.05, 0) is 75.7 Å². The van der Waals surface area contributed by atoms with Gasteiger partial charge in [-0.25, -0.2) is 0 Å². The summed E-state index contributed by atoms with van der Waals surface area (Å²) in [6.45, 7) is 13.5. The summed E-state index contributed by atoms with van der Waals surface area (Å²) in [6, 6.07) is 4.65. The Morgan fingerprint density at radius 2 is 1.63 bits per heavy atom. The van der Waals surface area contributed by atoms with Gasteiger partial charge in [0, 0.05) is 0 Å². The van der Waals surface area contributed by atoms with Crippen LogP contribution in [0, 0.1) is 26.7 Å². The Labute approximate surface area is 119 Å². The normalized spacial score (nSPS) is 12.7. The van der Waals surface area contributed by atoms with Crippen molar-refractivity contribution in [3.8, 4) is 0 Å². The van der Waals surface area contributed by atoms with Gasteiger partial charge in [0.1, 0.15) is 0 Å². The first kappa shape index (κ1) is 16.2. The fourth-order valence-corrected chi connectivity index (χ4v) is 2.99. The van der Waals surface area contributed by atoms with E-state index in [-0.39, 0.29) is 0 Å². The van der Waals surface area contributed by atoms with E-state index in [1.165, 1.54) is 42.4 Å². The molecule has 0 fully saturated rings. The molecular weight excluding hydrogens is 230 g/mol. The Hall–Kier alpha value is -0.820. The number of rotatable bonds is 8. The summed E-state index contributed by atoms with van der Waals surface area (Å²) in [5.74, 6) is 0.775. The van der Waals surface area contributed by atoms with Gasteiger partial charge in [0.05, 0.1) is 0 Å². The second-order valence-corrected chi connectivity index (χ2v) is 5.94. The van der Waals surface area contributed by atoms with Crippen molar-refractivity contribution in [2.75, 3.05) is 13.1 Å². The Morgan fingerprint density at radius 1 is 1.00 bits per heavy atom. The average Bonchev–Trinajstić information content (AvgIpc) is 2.33. The van der Waals surface area contributed by atoms with Crippen LogP contribution in [0.5, 0.6) is 0 Å². The third kappa shape index (κ3) is 5.36. The van der Waals surface area contributed by atoms with E-state index in [1.807, 2.05) is 0 Å². The minimum absolute atomic E-state index is 0.775. The van der Waals surface area contributed by atoms with Crippen LogP contribution in [0.1, 0.15) is 55.4 Å². The fourth-order valence-electron chi connectivity index (χ4n) is 2.99. The molecule has 0 saturated carbocycles. The van der Waals surface area contributed by atoms with Crippen molar-refractivity contribution in [1.29, 1.82) is 0 Å². The lowest BCUT2D eigenvalue weighted by Crippen LogP contribution is -2.25. The molecule has 1 aromatic rings. The molecule has 1 heteroatoms. The number of hydrogen-bond donors (Lipinski definition) is 1. The van der Waals surface area contributed by atoms with Gasteiger partial charge < -0.3 is 5.32 Å². The average molecular weight is 261 g/mol. The molecule has 1 nitrogen and oxygen atoms in total. The first-order chi connectivity index (χ1) is 9.08. The van der Waals surface area contributed by atoms with Gasteiger partial charge in [0.25, 0.3) is 0 Å². The van der Waals surface area contributed by atoms with Gasteiger partial charge in [0.15, 0.2) is 0 Å². The minimum atomic E-state index is 0.775. The third-order valence-corrected chi connectivity index (χ3v) is 3.89. The number of benzene rings is 1. The molecule has 1 atom stereocenters. The highest BCUT2D eigenvalue weighted by atomic mass is 14.8. The van der Waals surface area contributed by atoms with Crippen LogP contribution in [0.3, 0.4) is 0 Å². The molecule has 1 N–H and O–H groups in total. The van der Waals surface area contributed by atoms with Gasteiger partial charge in [-0.2, -0.15) is 0 Å². The maximum Gasteiger partial charge on any atom is -0.00173 e. The van der Waals surface area contributed by atoms with Gasteiger partial charge in [0.2, 0.25) is 0 Å². The Bertz CT molecular complexity index is 358. The SMILES string of the molecule is CCCNCC(CCC)Cc1c(C)cc(C)cc1C. The molecule has 0 aliphatic carbocycles. The smallest absolute Gasteiger partial charge is 0.00173 e. The molecule has 0 aromatic heterocycles. The van der Waals surface area contributed by atoms with Crippen LogP contribution in [0.2, 0.25) is 0 Å². The first-order valence-corrected chi connectivity index (χ1v) is 7.85. The fraction of sp³-hybridized carbons (Fsp3) is 0.667. The highest BCUT2D eigenvalue weighted by molar-refractivity contribution is 5.37. The van der Waals surface area contributed by atoms with E-state index in [0.29, 0.717) is 0 Å². The topological polar surface area (TPSA) is 12.0 Å². The molecule has 0 spiro atoms. The third-order valence-electron chi connectivity index (χ3n) is 3.89. The van der Waals surface area contributed by atoms with Crippen LogP contribution in [-0.4, -0.2) is 13.1 Å². The molecule has 108 valence electrons. The molecule has 19 heavy (non-hydrogen) atoms. The summed E-state index contributed by atoms with van der Waals surface area (Å²) >= 11 is 0. The number of aryl methyl sites for hydroxylation is 3. The van der Waals surface area contributed by atoms with Crippen molar-refractivity contribution < 1.29 is 0 Å². The van der Waals surface area contributed by atoms with E-state index >= 15 is 0 Å². The summed E-state index contributed by atoms with van der Waals surface area (Å²) < 4.78 is 0. The van der Waals surface area contributed by atoms with Crippen LogP contribution < -0.4 is 5.32 Å². The van der Waals surface area contributed by atoms with Crippen LogP contribution in [0.25, 0.3) is 0 Å². The molecule has 1 rings (SSSR count). The van der Waals surface area contributed by atoms with E-state index in [9.17, 15) is 0 Å². The van der Waals surface area contributed by atoms with Crippen LogP contribution >= 0.6 is 0 Å². The largest absolute Gasteiger partial charge is 0.316 e. The monoisotopic (exact) mass is 261 g/mol. The Kier molecular flexibility index (Phi) is 7.15. The predicted molar refractivity (Wildman–Crippen MR) is 85.9 cm³/mol. The lowest BCUT2D eigenvalue weighted by Gasteiger charge is -2.20. The highest BCUT2D eigenvalue weighted by Gasteiger charge is 2.12. The molecule has 0 radical (unpaired) electrons. The zero-order chi connectivity index (χ0) is 14.3. The van der Waals surface area contributed by atoms with Crippen molar-refractivity contribution in [2.45, 2.75) is 60.3 Å². The predicted octanol–water partition coefficient (Wildman–Crippen LogP) is 4.57. The van der Waals surface area contributed by atoms with Crippen molar-refractivity contribution >= 4 is 0 Å². The molecule has 1 unspecified atom stereocenters. The lowest BCUT2D eigenvalue weighted by molar-refractivity contribution is 0.438. The van der Waals surface area contributed by atoms with Crippen LogP contribution in [-0.2, 0) is 6.42 Å². The zero-order valence-corrected chi connectivity index (χ0v) is 13.5. The summed E-state index contributed by atoms with van der Waals surface area (Å²) in [5, 5.41) is 3.59. The quantitative estimate of drug-likeness (QED) is 0.676. The van der Waals surface area contributed by atoms with Gasteiger partial charge in [-0.1, -0.05) is 38.0 Å². The molecule has 0 saturated heterocycles. The first-order valence-electron chi connectivity index (χ1n) is 7.85. The van der Waals surface area contributed by atoms with E-state index in [4.69, 9.17) is 0 Å². The maximum absolute atomic E-state index is 3.59. The molecule has 0 heterocycles. The zero-order valence-electron chi connectivity index (χ0n) is 13.5. The molecule has 0 amide bonds. The summed E-state index contributed by atoms with van der Waals surface area (Å²) in [5.41, 5.74) is 5.89. The van der Waals surface area contributed by atoms with Crippen molar-refractivity contribution in [3.05, 3.63) is 34.4 Å². The summed E-state index contributed by atoms with van der Waals surface area (Å²) in [4.78, 5) is 0. The maximum atomic E-state index is 3.59. The van der Waals surface area contributed by atoms with Crippen molar-refractivity contribution in [1.82, 2.24) is 5.32 Å². The molecule has 1 aromatic carbocycles. The second kappa shape index (κ2) is 8.37. The van der Waals surface area contributed by atoms with E-state index < -0.39 is 0 Å². The second-order valence-electron chi connectivity index (χ2n) is 5.94. The minimum Gasteiger partial charge on any atom is -0.316 e. The molecule has 0 aliphatic rings. The van der Waals surface area contributed by atoms with Crippen LogP contribution in [0.4, 0.5) is 0 Å². The Morgan fingerprint density at radius 3 is 2.16 bits per heavy atom. The van der Waals surface area contributed by atoms with Gasteiger partial charge in [-0.3, -0.25) is 0 Å². The highest BCUT2D eigenvalue weighted by Crippen LogP contribution is 2.22. The number of hydrogen-bond acceptors (Lipinski definition) is 1. The molecule has 0 aliphatic heterocycles. The van der Waals surface area contributed by atoms with E-state index in [2.05, 4.69) is 52.1 Å². The summed E-state index contributed by atoms with van der Waals surface area (Å²) in [7, 11) is 0.